The summed E-state index contributed by atoms with van der Waals surface area (Å²) in [5.41, 5.74) is 10.3. The van der Waals surface area contributed by atoms with E-state index in [1.54, 1.807) is 41.5 Å². The molecule has 2 aliphatic carbocycles. The number of aliphatic hydroxyl groups excluding tert-OH is 1. The molecule has 12 nitrogen and oxygen atoms in total. The topological polar surface area (TPSA) is 166 Å². The highest BCUT2D eigenvalue weighted by molar-refractivity contribution is 5.68. The van der Waals surface area contributed by atoms with E-state index in [4.69, 9.17) is 29.4 Å². The van der Waals surface area contributed by atoms with E-state index in [9.17, 15) is 32.3 Å². The lowest BCUT2D eigenvalue weighted by molar-refractivity contribution is 0.0148. The molecule has 16 heteroatoms. The predicted molar refractivity (Wildman–Crippen MR) is 274 cm³/mol. The van der Waals surface area contributed by atoms with Gasteiger partial charge in [-0.15, -0.1) is 0 Å². The van der Waals surface area contributed by atoms with Crippen molar-refractivity contribution in [1.82, 2.24) is 16.0 Å². The molecule has 3 saturated heterocycles. The van der Waals surface area contributed by atoms with E-state index in [0.717, 1.165) is 82.3 Å². The van der Waals surface area contributed by atoms with Gasteiger partial charge < -0.3 is 50.5 Å². The summed E-state index contributed by atoms with van der Waals surface area (Å²) in [6.07, 6.45) is 9.30. The summed E-state index contributed by atoms with van der Waals surface area (Å²) in [7, 11) is 0. The Balaban J connectivity index is 0.000000181. The largest absolute Gasteiger partial charge is 0.444 e. The van der Waals surface area contributed by atoms with Gasteiger partial charge in [-0.25, -0.2) is 27.2 Å². The molecule has 6 atom stereocenters. The van der Waals surface area contributed by atoms with Crippen molar-refractivity contribution in [1.29, 1.82) is 0 Å². The average molecular weight is 1030 g/mol. The van der Waals surface area contributed by atoms with Gasteiger partial charge in [0.05, 0.1) is 37.0 Å². The minimum atomic E-state index is -1.03. The SMILES string of the molecule is CC(C)(C)OC(=O)NC(Cc1cc(F)cc(F)c1)C(O)CNC1(c2cccc(C3CCCCO3)c2)CC1.CC(C)(C)OC(=O)NC(Cc1cc(F)cc(F)c1)C1CO1.NC1(c2cccc(C3CCCCO3)c2)CC1. The van der Waals surface area contributed by atoms with Gasteiger partial charge in [0.25, 0.3) is 0 Å². The van der Waals surface area contributed by atoms with E-state index >= 15 is 0 Å². The lowest BCUT2D eigenvalue weighted by Gasteiger charge is -2.29. The number of alkyl carbamates (subject to hydrolysis) is 2. The van der Waals surface area contributed by atoms with Gasteiger partial charge in [0, 0.05) is 43.0 Å². The Kier molecular flexibility index (Phi) is 18.9. The predicted octanol–water partition coefficient (Wildman–Crippen LogP) is 11.0. The number of carbonyl (C=O) groups is 2. The van der Waals surface area contributed by atoms with E-state index in [1.165, 1.54) is 53.8 Å². The van der Waals surface area contributed by atoms with Gasteiger partial charge in [0.1, 0.15) is 40.6 Å². The number of rotatable bonds is 15. The maximum absolute atomic E-state index is 13.8. The van der Waals surface area contributed by atoms with Crippen molar-refractivity contribution in [3.05, 3.63) is 142 Å². The maximum Gasteiger partial charge on any atom is 0.407 e. The molecule has 9 rings (SSSR count). The summed E-state index contributed by atoms with van der Waals surface area (Å²) in [6, 6.07) is 22.4. The molecule has 5 fully saturated rings. The highest BCUT2D eigenvalue weighted by atomic mass is 19.1. The first-order valence-corrected chi connectivity index (χ1v) is 26.2. The van der Waals surface area contributed by atoms with Crippen LogP contribution in [0.3, 0.4) is 0 Å². The van der Waals surface area contributed by atoms with Gasteiger partial charge in [-0.05, 0) is 176 Å². The molecule has 0 spiro atoms. The number of halogens is 4. The smallest absolute Gasteiger partial charge is 0.407 e. The van der Waals surface area contributed by atoms with Gasteiger partial charge in [-0.3, -0.25) is 0 Å². The summed E-state index contributed by atoms with van der Waals surface area (Å²) < 4.78 is 81.5. The molecular formula is C58H76F4N4O8. The number of aliphatic hydroxyl groups is 1. The fraction of sp³-hybridized carbons (Fsp3) is 0.552. The Morgan fingerprint density at radius 3 is 1.58 bits per heavy atom. The van der Waals surface area contributed by atoms with Crippen molar-refractivity contribution in [3.8, 4) is 0 Å². The van der Waals surface area contributed by atoms with Crippen molar-refractivity contribution in [2.45, 2.75) is 177 Å². The third kappa shape index (κ3) is 17.8. The number of amides is 2. The van der Waals surface area contributed by atoms with Crippen molar-refractivity contribution >= 4 is 12.2 Å². The molecule has 0 aromatic heterocycles. The third-order valence-corrected chi connectivity index (χ3v) is 13.6. The molecule has 2 amide bonds. The molecule has 3 aliphatic heterocycles. The highest BCUT2D eigenvalue weighted by Crippen LogP contribution is 2.47. The number of nitrogens with one attached hydrogen (secondary N) is 3. The van der Waals surface area contributed by atoms with Crippen LogP contribution in [0.4, 0.5) is 27.2 Å². The lowest BCUT2D eigenvalue weighted by atomic mass is 9.95. The van der Waals surface area contributed by atoms with Crippen molar-refractivity contribution in [3.63, 3.8) is 0 Å². The minimum absolute atomic E-state index is 0.0231. The van der Waals surface area contributed by atoms with Gasteiger partial charge in [-0.1, -0.05) is 48.5 Å². The Morgan fingerprint density at radius 2 is 1.14 bits per heavy atom. The van der Waals surface area contributed by atoms with Crippen LogP contribution in [-0.4, -0.2) is 79.2 Å². The van der Waals surface area contributed by atoms with E-state index in [0.29, 0.717) is 23.8 Å². The molecule has 404 valence electrons. The Hall–Kier alpha value is -5.10. The number of ether oxygens (including phenoxy) is 5. The molecule has 0 bridgehead atoms. The van der Waals surface area contributed by atoms with Crippen LogP contribution in [0.2, 0.25) is 0 Å². The first kappa shape index (κ1) is 56.6. The normalized spacial score (nSPS) is 21.7. The summed E-state index contributed by atoms with van der Waals surface area (Å²) in [5, 5.41) is 20.0. The maximum atomic E-state index is 13.8. The van der Waals surface area contributed by atoms with E-state index in [-0.39, 0.29) is 48.7 Å². The average Bonchev–Trinajstić information content (AvgIpc) is 4.22. The van der Waals surface area contributed by atoms with Gasteiger partial charge in [-0.2, -0.15) is 0 Å². The van der Waals surface area contributed by atoms with Gasteiger partial charge in [0.2, 0.25) is 0 Å². The van der Waals surface area contributed by atoms with E-state index < -0.39 is 58.8 Å². The van der Waals surface area contributed by atoms with Crippen molar-refractivity contribution < 1.29 is 55.9 Å². The summed E-state index contributed by atoms with van der Waals surface area (Å²) in [5.74, 6) is -2.70. The second-order valence-electron chi connectivity index (χ2n) is 22.5. The number of hydrogen-bond acceptors (Lipinski definition) is 10. The van der Waals surface area contributed by atoms with Crippen LogP contribution in [0.1, 0.15) is 151 Å². The van der Waals surface area contributed by atoms with Gasteiger partial charge in [0.15, 0.2) is 0 Å². The summed E-state index contributed by atoms with van der Waals surface area (Å²) >= 11 is 0. The second-order valence-corrected chi connectivity index (χ2v) is 22.5. The van der Waals surface area contributed by atoms with Crippen molar-refractivity contribution in [2.75, 3.05) is 26.4 Å². The number of hydrogen-bond donors (Lipinski definition) is 5. The summed E-state index contributed by atoms with van der Waals surface area (Å²) in [4.78, 5) is 24.3. The third-order valence-electron chi connectivity index (χ3n) is 13.6. The Morgan fingerprint density at radius 1 is 0.662 bits per heavy atom. The summed E-state index contributed by atoms with van der Waals surface area (Å²) in [6.45, 7) is 12.9. The fourth-order valence-corrected chi connectivity index (χ4v) is 9.38. The fourth-order valence-electron chi connectivity index (χ4n) is 9.38. The molecule has 3 heterocycles. The van der Waals surface area contributed by atoms with Crippen molar-refractivity contribution in [2.24, 2.45) is 5.73 Å². The molecular weight excluding hydrogens is 957 g/mol. The second kappa shape index (κ2) is 24.7. The number of nitrogens with two attached hydrogens (primary N) is 1. The molecule has 74 heavy (non-hydrogen) atoms. The van der Waals surface area contributed by atoms with Crippen LogP contribution in [0.5, 0.6) is 0 Å². The van der Waals surface area contributed by atoms with Crippen LogP contribution >= 0.6 is 0 Å². The molecule has 5 aliphatic rings. The minimum Gasteiger partial charge on any atom is -0.444 e. The zero-order chi connectivity index (χ0) is 53.3. The molecule has 6 unspecified atom stereocenters. The quantitative estimate of drug-likeness (QED) is 0.0571. The van der Waals surface area contributed by atoms with Crippen LogP contribution in [0.15, 0.2) is 84.9 Å². The number of carbonyl (C=O) groups excluding carboxylic acids is 2. The zero-order valence-electron chi connectivity index (χ0n) is 43.8. The van der Waals surface area contributed by atoms with E-state index in [1.807, 2.05) is 6.07 Å². The van der Waals surface area contributed by atoms with Crippen LogP contribution < -0.4 is 21.7 Å². The highest BCUT2D eigenvalue weighted by Gasteiger charge is 2.45. The first-order chi connectivity index (χ1) is 35.0. The van der Waals surface area contributed by atoms with Crippen LogP contribution in [-0.2, 0) is 47.6 Å². The molecule has 2 saturated carbocycles. The Bertz CT molecular complexity index is 2450. The van der Waals surface area contributed by atoms with Crippen LogP contribution in [0.25, 0.3) is 0 Å². The van der Waals surface area contributed by atoms with E-state index in [2.05, 4.69) is 58.4 Å². The standard InChI is InChI=1S/C29H38F2N2O4.C15H19F2NO3.C14H19NO/c1-28(2,3)37-27(35)33-24(15-19-13-22(30)17-23(31)14-19)25(34)18-32-29(10-11-29)21-8-6-7-20(16-21)26-9-4-5-12-36-26;1-15(2,3)21-14(19)18-12(13-8-20-13)6-9-4-10(16)7-11(17)5-9;15-14(7-8-14)12-5-3-4-11(10-12)13-6-1-2-9-16-13/h6-8,13-14,16-17,24-26,32,34H,4-5,9-12,15,18H2,1-3H3,(H,33,35);4-5,7,12-13H,6,8H2,1-3H3,(H,18,19);3-5,10,13H,1-2,6-9,15H2. The lowest BCUT2D eigenvalue weighted by Crippen LogP contribution is -2.51. The molecule has 0 radical (unpaired) electrons. The monoisotopic (exact) mass is 1030 g/mol. The zero-order valence-corrected chi connectivity index (χ0v) is 43.8. The first-order valence-electron chi connectivity index (χ1n) is 26.2. The number of benzene rings is 4. The molecule has 4 aromatic carbocycles. The van der Waals surface area contributed by atoms with Gasteiger partial charge >= 0.3 is 12.2 Å². The van der Waals surface area contributed by atoms with Crippen LogP contribution in [0, 0.1) is 23.3 Å². The number of epoxide rings is 1. The molecule has 4 aromatic rings. The molecule has 6 N–H and O–H groups in total. The Labute approximate surface area is 433 Å².